The maximum atomic E-state index is 12.4. The van der Waals surface area contributed by atoms with E-state index in [2.05, 4.69) is 0 Å². The van der Waals surface area contributed by atoms with Crippen LogP contribution in [0, 0.1) is 0 Å². The molecular formula is C15H16N2O2. The molecule has 2 aromatic rings. The molecule has 4 heteroatoms. The van der Waals surface area contributed by atoms with Gasteiger partial charge in [-0.15, -0.1) is 0 Å². The summed E-state index contributed by atoms with van der Waals surface area (Å²) < 4.78 is 0. The highest BCUT2D eigenvalue weighted by atomic mass is 16.3. The highest BCUT2D eigenvalue weighted by Gasteiger charge is 2.18. The molecular weight excluding hydrogens is 240 g/mol. The number of amides is 1. The Hall–Kier alpha value is -2.49. The smallest absolute Gasteiger partial charge is 0.262 e. The highest BCUT2D eigenvalue weighted by molar-refractivity contribution is 6.07. The molecule has 2 aromatic carbocycles. The summed E-state index contributed by atoms with van der Waals surface area (Å²) in [6.07, 6.45) is 0. The van der Waals surface area contributed by atoms with E-state index in [0.717, 1.165) is 5.69 Å². The molecule has 0 saturated carbocycles. The quantitative estimate of drug-likeness (QED) is 0.830. The number of aromatic hydroxyl groups is 1. The number of benzene rings is 2. The molecule has 19 heavy (non-hydrogen) atoms. The first-order valence-electron chi connectivity index (χ1n) is 6.09. The Labute approximate surface area is 112 Å². The van der Waals surface area contributed by atoms with E-state index < -0.39 is 0 Å². The van der Waals surface area contributed by atoms with Crippen LogP contribution in [0.4, 0.5) is 11.4 Å². The number of phenols is 1. The van der Waals surface area contributed by atoms with Crippen molar-refractivity contribution >= 4 is 17.3 Å². The van der Waals surface area contributed by atoms with E-state index in [1.165, 1.54) is 6.07 Å². The number of hydrogen-bond acceptors (Lipinski definition) is 3. The lowest BCUT2D eigenvalue weighted by atomic mass is 10.1. The number of carbonyl (C=O) groups excluding carboxylic acids is 1. The minimum Gasteiger partial charge on any atom is -0.507 e. The Morgan fingerprint density at radius 2 is 1.79 bits per heavy atom. The average molecular weight is 256 g/mol. The van der Waals surface area contributed by atoms with E-state index in [1.807, 2.05) is 6.92 Å². The van der Waals surface area contributed by atoms with Gasteiger partial charge in [0.1, 0.15) is 5.75 Å². The lowest BCUT2D eigenvalue weighted by Gasteiger charge is -2.21. The van der Waals surface area contributed by atoms with E-state index >= 15 is 0 Å². The van der Waals surface area contributed by atoms with Gasteiger partial charge in [-0.1, -0.05) is 12.1 Å². The van der Waals surface area contributed by atoms with Gasteiger partial charge >= 0.3 is 0 Å². The summed E-state index contributed by atoms with van der Waals surface area (Å²) in [5.74, 6) is -0.244. The third kappa shape index (κ3) is 2.68. The van der Waals surface area contributed by atoms with E-state index in [1.54, 1.807) is 47.4 Å². The molecule has 0 bridgehead atoms. The number of carbonyl (C=O) groups is 1. The fourth-order valence-electron chi connectivity index (χ4n) is 1.90. The maximum Gasteiger partial charge on any atom is 0.262 e. The highest BCUT2D eigenvalue weighted by Crippen LogP contribution is 2.22. The third-order valence-corrected chi connectivity index (χ3v) is 2.90. The number of anilines is 2. The molecule has 0 unspecified atom stereocenters. The van der Waals surface area contributed by atoms with Crippen molar-refractivity contribution in [2.24, 2.45) is 0 Å². The summed E-state index contributed by atoms with van der Waals surface area (Å²) in [4.78, 5) is 14.0. The lowest BCUT2D eigenvalue weighted by molar-refractivity contribution is 0.0986. The minimum atomic E-state index is -0.231. The van der Waals surface area contributed by atoms with Crippen molar-refractivity contribution in [1.82, 2.24) is 0 Å². The van der Waals surface area contributed by atoms with Crippen molar-refractivity contribution in [3.63, 3.8) is 0 Å². The maximum absolute atomic E-state index is 12.4. The molecule has 0 heterocycles. The van der Waals surface area contributed by atoms with Crippen LogP contribution in [-0.2, 0) is 0 Å². The second kappa shape index (κ2) is 5.44. The Kier molecular flexibility index (Phi) is 3.71. The molecule has 3 N–H and O–H groups in total. The van der Waals surface area contributed by atoms with Crippen LogP contribution < -0.4 is 10.6 Å². The molecule has 98 valence electrons. The van der Waals surface area contributed by atoms with Gasteiger partial charge in [0, 0.05) is 17.9 Å². The van der Waals surface area contributed by atoms with Crippen LogP contribution in [0.15, 0.2) is 48.5 Å². The predicted octanol–water partition coefficient (Wildman–Crippen LogP) is 2.64. The van der Waals surface area contributed by atoms with Crippen molar-refractivity contribution in [3.05, 3.63) is 54.1 Å². The Morgan fingerprint density at radius 1 is 1.16 bits per heavy atom. The molecule has 0 aromatic heterocycles. The summed E-state index contributed by atoms with van der Waals surface area (Å²) in [5.41, 5.74) is 7.33. The fraction of sp³-hybridized carbons (Fsp3) is 0.133. The Morgan fingerprint density at radius 3 is 2.37 bits per heavy atom. The number of nitrogen functional groups attached to an aromatic ring is 1. The zero-order valence-electron chi connectivity index (χ0n) is 10.7. The molecule has 0 atom stereocenters. The van der Waals surface area contributed by atoms with Crippen LogP contribution in [0.5, 0.6) is 5.75 Å². The second-order valence-electron chi connectivity index (χ2n) is 4.16. The van der Waals surface area contributed by atoms with Crippen LogP contribution in [0.3, 0.4) is 0 Å². The average Bonchev–Trinajstić information content (AvgIpc) is 2.42. The first-order valence-corrected chi connectivity index (χ1v) is 6.09. The van der Waals surface area contributed by atoms with Gasteiger partial charge in [-0.2, -0.15) is 0 Å². The molecule has 0 fully saturated rings. The van der Waals surface area contributed by atoms with Gasteiger partial charge in [0.15, 0.2) is 0 Å². The van der Waals surface area contributed by atoms with Crippen molar-refractivity contribution in [2.45, 2.75) is 6.92 Å². The number of hydrogen-bond donors (Lipinski definition) is 2. The number of phenolic OH excluding ortho intramolecular Hbond substituents is 1. The third-order valence-electron chi connectivity index (χ3n) is 2.90. The van der Waals surface area contributed by atoms with E-state index in [0.29, 0.717) is 17.8 Å². The van der Waals surface area contributed by atoms with Gasteiger partial charge in [-0.3, -0.25) is 4.79 Å². The topological polar surface area (TPSA) is 66.6 Å². The van der Waals surface area contributed by atoms with Crippen molar-refractivity contribution in [2.75, 3.05) is 17.2 Å². The fourth-order valence-corrected chi connectivity index (χ4v) is 1.90. The van der Waals surface area contributed by atoms with Gasteiger partial charge in [-0.25, -0.2) is 0 Å². The molecule has 0 saturated heterocycles. The number of para-hydroxylation sites is 1. The van der Waals surface area contributed by atoms with Gasteiger partial charge in [-0.05, 0) is 43.3 Å². The molecule has 2 rings (SSSR count). The Balaban J connectivity index is 2.35. The van der Waals surface area contributed by atoms with Crippen molar-refractivity contribution in [1.29, 1.82) is 0 Å². The van der Waals surface area contributed by atoms with Gasteiger partial charge in [0.2, 0.25) is 0 Å². The van der Waals surface area contributed by atoms with Crippen molar-refractivity contribution in [3.8, 4) is 5.75 Å². The van der Waals surface area contributed by atoms with Gasteiger partial charge in [0.05, 0.1) is 5.56 Å². The van der Waals surface area contributed by atoms with Crippen LogP contribution >= 0.6 is 0 Å². The van der Waals surface area contributed by atoms with Crippen molar-refractivity contribution < 1.29 is 9.90 Å². The molecule has 0 aliphatic carbocycles. The summed E-state index contributed by atoms with van der Waals surface area (Å²) in [5, 5.41) is 9.75. The standard InChI is InChI=1S/C15H16N2O2/c1-2-17(12-9-7-11(16)8-10-12)15(19)13-5-3-4-6-14(13)18/h3-10,18H,2,16H2,1H3. The van der Waals surface area contributed by atoms with E-state index in [4.69, 9.17) is 5.73 Å². The van der Waals surface area contributed by atoms with E-state index in [9.17, 15) is 9.90 Å². The summed E-state index contributed by atoms with van der Waals surface area (Å²) in [7, 11) is 0. The van der Waals surface area contributed by atoms with Gasteiger partial charge in [0.25, 0.3) is 5.91 Å². The number of nitrogens with two attached hydrogens (primary N) is 1. The molecule has 0 aliphatic heterocycles. The number of rotatable bonds is 3. The normalized spacial score (nSPS) is 10.2. The van der Waals surface area contributed by atoms with Crippen LogP contribution in [0.2, 0.25) is 0 Å². The number of nitrogens with zero attached hydrogens (tertiary/aromatic N) is 1. The molecule has 0 radical (unpaired) electrons. The summed E-state index contributed by atoms with van der Waals surface area (Å²) in [6.45, 7) is 2.39. The van der Waals surface area contributed by atoms with Crippen LogP contribution in [-0.4, -0.2) is 17.6 Å². The summed E-state index contributed by atoms with van der Waals surface area (Å²) in [6, 6.07) is 13.6. The SMILES string of the molecule is CCN(C(=O)c1ccccc1O)c1ccc(N)cc1. The lowest BCUT2D eigenvalue weighted by Crippen LogP contribution is -2.30. The first kappa shape index (κ1) is 13.0. The largest absolute Gasteiger partial charge is 0.507 e. The van der Waals surface area contributed by atoms with Crippen LogP contribution in [0.25, 0.3) is 0 Å². The zero-order valence-corrected chi connectivity index (χ0v) is 10.7. The molecule has 0 spiro atoms. The Bertz CT molecular complexity index is 579. The molecule has 1 amide bonds. The van der Waals surface area contributed by atoms with Crippen LogP contribution in [0.1, 0.15) is 17.3 Å². The zero-order chi connectivity index (χ0) is 13.8. The summed E-state index contributed by atoms with van der Waals surface area (Å²) >= 11 is 0. The minimum absolute atomic E-state index is 0.0126. The molecule has 0 aliphatic rings. The first-order chi connectivity index (χ1) is 9.13. The predicted molar refractivity (Wildman–Crippen MR) is 76.3 cm³/mol. The second-order valence-corrected chi connectivity index (χ2v) is 4.16. The molecule has 4 nitrogen and oxygen atoms in total. The monoisotopic (exact) mass is 256 g/mol. The van der Waals surface area contributed by atoms with Gasteiger partial charge < -0.3 is 15.7 Å². The van der Waals surface area contributed by atoms with E-state index in [-0.39, 0.29) is 11.7 Å².